The second-order valence-electron chi connectivity index (χ2n) is 41.8. The number of fused-ring (bicyclic) bond motifs is 21. The Morgan fingerprint density at radius 2 is 0.623 bits per heavy atom. The average Bonchev–Trinajstić information content (AvgIpc) is 1.24. The summed E-state index contributed by atoms with van der Waals surface area (Å²) >= 11 is 0. The minimum Gasteiger partial charge on any atom is -0.311 e. The van der Waals surface area contributed by atoms with Crippen LogP contribution < -0.4 is 52.4 Å². The highest BCUT2D eigenvalue weighted by Gasteiger charge is 2.55. The van der Waals surface area contributed by atoms with Gasteiger partial charge >= 0.3 is 0 Å². The largest absolute Gasteiger partial charge is 0.311 e. The van der Waals surface area contributed by atoms with Crippen LogP contribution in [0.25, 0.3) is 83.1 Å². The zero-order valence-electron chi connectivity index (χ0n) is 84.4. The third kappa shape index (κ3) is 11.8. The Labute approximate surface area is 778 Å². The van der Waals surface area contributed by atoms with Gasteiger partial charge in [-0.05, 0) is 258 Å². The molecule has 0 amide bonds. The van der Waals surface area contributed by atoms with E-state index in [0.29, 0.717) is 5.69 Å². The van der Waals surface area contributed by atoms with Gasteiger partial charge in [-0.2, -0.15) is 0 Å². The van der Waals surface area contributed by atoms with Crippen molar-refractivity contribution in [2.45, 2.75) is 136 Å². The molecule has 18 aromatic rings. The van der Waals surface area contributed by atoms with E-state index < -0.39 is 65.9 Å². The molecule has 0 unspecified atom stereocenters. The molecule has 2 aliphatic carbocycles. The van der Waals surface area contributed by atoms with Crippen LogP contribution in [-0.2, 0) is 32.5 Å². The maximum absolute atomic E-state index is 10.2. The molecule has 1 aromatic heterocycles. The number of benzene rings is 17. The summed E-state index contributed by atoms with van der Waals surface area (Å²) in [6, 6.07) is 116. The van der Waals surface area contributed by atoms with Gasteiger partial charge in [0, 0.05) is 78.8 Å². The Bertz CT molecular complexity index is 8160. The van der Waals surface area contributed by atoms with Crippen LogP contribution in [0.15, 0.2) is 364 Å². The molecule has 4 aliphatic heterocycles. The van der Waals surface area contributed by atoms with Crippen LogP contribution in [0.2, 0.25) is 0 Å². The Hall–Kier alpha value is -14.1. The number of hydrogen-bond acceptors (Lipinski definition) is 4. The first-order chi connectivity index (χ1) is 66.0. The van der Waals surface area contributed by atoms with E-state index in [9.17, 15) is 11.0 Å². The predicted octanol–water partition coefficient (Wildman–Crippen LogP) is 28.8. The monoisotopic (exact) mass is 1680 g/mol. The molecule has 0 saturated heterocycles. The fraction of sp³-hybridized carbons (Fsp3) is 0.171. The topological polar surface area (TPSA) is 17.9 Å². The molecule has 5 heterocycles. The Balaban J connectivity index is 0.893. The van der Waals surface area contributed by atoms with Crippen molar-refractivity contribution >= 4 is 136 Å². The van der Waals surface area contributed by atoms with E-state index in [1.807, 2.05) is 0 Å². The first kappa shape index (κ1) is 70.9. The van der Waals surface area contributed by atoms with Gasteiger partial charge in [-0.25, -0.2) is 0 Å². The van der Waals surface area contributed by atoms with Crippen molar-refractivity contribution in [3.8, 4) is 61.3 Å². The molecule has 6 aliphatic rings. The molecule has 24 rings (SSSR count). The van der Waals surface area contributed by atoms with E-state index in [4.69, 9.17) is 0 Å². The fourth-order valence-corrected chi connectivity index (χ4v) is 22.6. The van der Waals surface area contributed by atoms with Crippen LogP contribution in [0.5, 0.6) is 0 Å². The zero-order chi connectivity index (χ0) is 95.7. The standard InChI is InChI=1S/C123H105B2N5/c1-118(2,3)79-42-36-43-84(67-79)126-107-58-34-30-54-99(107)124-101-74-102-110(75-109(101)128(85-68-82(121(10,11)12)66-83(69-85)122(13,14)15)114-73-86(72-113(126)117(114)124)127-103-56-32-25-47-91(103)92-48-26-33-57-104(92)127)130(106-63-61-81(120(7,8)9)71-95(106)77-40-20-17-21-41-77)112-65-78(87-49-37-50-93-90-46-24-29-53-98(90)123(115(87)93)96-51-27-22-44-88(96)89-45-23-28-52-97(89)123)64-111-116(112)125(102)100-55-31-35-59-108(100)129(111)105-62-60-80(119(4,5)6)70-94(105)76-38-18-16-19-39-76/h16-75H,1-15H3/i25D,26D,32D,33D,47D,48D,56D,57D. The van der Waals surface area contributed by atoms with Crippen molar-refractivity contribution in [2.75, 3.05) is 19.6 Å². The fourth-order valence-electron chi connectivity index (χ4n) is 22.6. The number of rotatable bonds is 8. The summed E-state index contributed by atoms with van der Waals surface area (Å²) in [6.45, 7) is 33.4. The summed E-state index contributed by atoms with van der Waals surface area (Å²) in [7, 11) is 0. The third-order valence-electron chi connectivity index (χ3n) is 28.9. The van der Waals surface area contributed by atoms with Crippen molar-refractivity contribution < 1.29 is 11.0 Å². The smallest absolute Gasteiger partial charge is 0.252 e. The summed E-state index contributed by atoms with van der Waals surface area (Å²) in [4.78, 5) is 10.2. The summed E-state index contributed by atoms with van der Waals surface area (Å²) in [5.74, 6) is 0. The molecule has 0 fully saturated rings. The minimum absolute atomic E-state index is 0.00359. The van der Waals surface area contributed by atoms with E-state index >= 15 is 0 Å². The van der Waals surface area contributed by atoms with Gasteiger partial charge in [0.15, 0.2) is 0 Å². The van der Waals surface area contributed by atoms with E-state index in [1.165, 1.54) is 55.6 Å². The zero-order valence-corrected chi connectivity index (χ0v) is 76.4. The molecule has 130 heavy (non-hydrogen) atoms. The SMILES string of the molecule is [2H]c1c([2H])c([2H])c2c(c1[2H])c1c([2H])c([2H])c([2H])c([2H])c1n2-c1cc2c3c(c1)N(c1cc(C(C)(C)C)cc(C(C)(C)C)c1)c1cc4c(cc1B3c1ccccc1N2c1cccc(C(C)(C)C)c1)B1c2ccccc2N(c2ccc(C(C)(C)C)cc2-c2ccccc2)c2cc(-c3cccc5c3C3(c6ccccc6-c6ccccc63)c3ccccc3-5)cc(c21)N4c1ccc(C(C)(C)C)cc1-c1ccccc1. The van der Waals surface area contributed by atoms with Crippen LogP contribution in [-0.4, -0.2) is 18.0 Å². The second kappa shape index (κ2) is 28.4. The van der Waals surface area contributed by atoms with Crippen LogP contribution in [0, 0.1) is 0 Å². The molecule has 628 valence electrons. The quantitative estimate of drug-likeness (QED) is 0.141. The predicted molar refractivity (Wildman–Crippen MR) is 555 cm³/mol. The van der Waals surface area contributed by atoms with Gasteiger partial charge in [-0.1, -0.05) is 365 Å². The summed E-state index contributed by atoms with van der Waals surface area (Å²) in [5.41, 5.74) is 38.0. The molecular formula is C123H105B2N5. The van der Waals surface area contributed by atoms with E-state index in [-0.39, 0.29) is 50.1 Å². The van der Waals surface area contributed by atoms with Crippen molar-refractivity contribution in [3.05, 3.63) is 414 Å². The number of aromatic nitrogens is 1. The van der Waals surface area contributed by atoms with Gasteiger partial charge in [-0.15, -0.1) is 0 Å². The highest BCUT2D eigenvalue weighted by molar-refractivity contribution is 7.03. The molecule has 0 N–H and O–H groups in total. The van der Waals surface area contributed by atoms with E-state index in [1.54, 1.807) is 4.57 Å². The highest BCUT2D eigenvalue weighted by atomic mass is 15.2. The van der Waals surface area contributed by atoms with Crippen LogP contribution >= 0.6 is 0 Å². The number of anilines is 12. The van der Waals surface area contributed by atoms with Crippen molar-refractivity contribution in [1.82, 2.24) is 4.57 Å². The van der Waals surface area contributed by atoms with Gasteiger partial charge in [0.25, 0.3) is 13.4 Å². The lowest BCUT2D eigenvalue weighted by molar-refractivity contribution is 0.568. The first-order valence-electron chi connectivity index (χ1n) is 50.0. The lowest BCUT2D eigenvalue weighted by atomic mass is 9.30. The third-order valence-corrected chi connectivity index (χ3v) is 28.9. The normalized spacial score (nSPS) is 15.1. The molecule has 17 aromatic carbocycles. The van der Waals surface area contributed by atoms with Gasteiger partial charge in [0.1, 0.15) is 0 Å². The first-order valence-corrected chi connectivity index (χ1v) is 46.0. The van der Waals surface area contributed by atoms with Crippen LogP contribution in [0.4, 0.5) is 68.2 Å². The number of hydrogen-bond donors (Lipinski definition) is 0. The maximum atomic E-state index is 10.2. The average molecular weight is 1680 g/mol. The minimum atomic E-state index is -0.743. The second-order valence-corrected chi connectivity index (χ2v) is 41.8. The number of para-hydroxylation sites is 4. The number of nitrogens with zero attached hydrogens (tertiary/aromatic N) is 5. The summed E-state index contributed by atoms with van der Waals surface area (Å²) in [6.07, 6.45) is 0. The molecule has 0 radical (unpaired) electrons. The Kier molecular flexibility index (Phi) is 15.5. The molecular weight excluding hydrogens is 1570 g/mol. The molecule has 0 atom stereocenters. The molecule has 7 heteroatoms. The van der Waals surface area contributed by atoms with Gasteiger partial charge in [0.05, 0.1) is 44.5 Å². The lowest BCUT2D eigenvalue weighted by Gasteiger charge is -2.48. The van der Waals surface area contributed by atoms with Crippen LogP contribution in [0.3, 0.4) is 0 Å². The van der Waals surface area contributed by atoms with Crippen molar-refractivity contribution in [1.29, 1.82) is 0 Å². The van der Waals surface area contributed by atoms with E-state index in [0.717, 1.165) is 151 Å². The maximum Gasteiger partial charge on any atom is 0.252 e. The van der Waals surface area contributed by atoms with Gasteiger partial charge < -0.3 is 24.2 Å². The summed E-state index contributed by atoms with van der Waals surface area (Å²) < 4.78 is 80.0. The Morgan fingerprint density at radius 1 is 0.238 bits per heavy atom. The van der Waals surface area contributed by atoms with Gasteiger partial charge in [0.2, 0.25) is 0 Å². The lowest BCUT2D eigenvalue weighted by Crippen LogP contribution is -2.65. The van der Waals surface area contributed by atoms with Crippen molar-refractivity contribution in [2.24, 2.45) is 0 Å². The molecule has 0 bridgehead atoms. The van der Waals surface area contributed by atoms with Crippen molar-refractivity contribution in [3.63, 3.8) is 0 Å². The van der Waals surface area contributed by atoms with Crippen LogP contribution in [0.1, 0.15) is 165 Å². The molecule has 5 nitrogen and oxygen atoms in total. The highest BCUT2D eigenvalue weighted by Crippen LogP contribution is 2.66. The van der Waals surface area contributed by atoms with Gasteiger partial charge in [-0.3, -0.25) is 0 Å². The Morgan fingerprint density at radius 3 is 1.12 bits per heavy atom. The molecule has 1 spiro atoms. The summed E-state index contributed by atoms with van der Waals surface area (Å²) in [5, 5.41) is 0.00718. The molecule has 0 saturated carbocycles. The van der Waals surface area contributed by atoms with E-state index in [2.05, 4.69) is 439 Å².